The van der Waals surface area contributed by atoms with Crippen LogP contribution in [0.4, 0.5) is 5.82 Å². The third-order valence-corrected chi connectivity index (χ3v) is 5.01. The molecule has 1 unspecified atom stereocenters. The summed E-state index contributed by atoms with van der Waals surface area (Å²) in [5.74, 6) is -0.307. The van der Waals surface area contributed by atoms with Gasteiger partial charge in [-0.15, -0.1) is 0 Å². The highest BCUT2D eigenvalue weighted by Crippen LogP contribution is 2.23. The quantitative estimate of drug-likeness (QED) is 0.889. The third-order valence-electron chi connectivity index (χ3n) is 2.60. The number of nitrogens with zero attached hydrogens (tertiary/aromatic N) is 1. The van der Waals surface area contributed by atoms with Crippen LogP contribution >= 0.6 is 15.9 Å². The zero-order valence-electron chi connectivity index (χ0n) is 8.89. The molecule has 1 atom stereocenters. The molecule has 1 saturated heterocycles. The maximum absolute atomic E-state index is 11.8. The van der Waals surface area contributed by atoms with Gasteiger partial charge in [-0.1, -0.05) is 0 Å². The zero-order valence-corrected chi connectivity index (χ0v) is 11.3. The lowest BCUT2D eigenvalue weighted by molar-refractivity contribution is -0.119. The predicted octanol–water partition coefficient (Wildman–Crippen LogP) is 1.22. The van der Waals surface area contributed by atoms with Crippen LogP contribution < -0.4 is 5.32 Å². The first kappa shape index (κ1) is 12.5. The highest BCUT2D eigenvalue weighted by Gasteiger charge is 2.33. The van der Waals surface area contributed by atoms with E-state index in [1.54, 1.807) is 18.3 Å². The van der Waals surface area contributed by atoms with E-state index in [0.29, 0.717) is 16.7 Å². The maximum atomic E-state index is 11.8. The molecule has 0 radical (unpaired) electrons. The normalized spacial score (nSPS) is 22.3. The molecule has 7 heteroatoms. The Kier molecular flexibility index (Phi) is 3.48. The molecular weight excluding hydrogens is 308 g/mol. The van der Waals surface area contributed by atoms with Crippen LogP contribution in [0.3, 0.4) is 0 Å². The van der Waals surface area contributed by atoms with E-state index in [1.165, 1.54) is 0 Å². The Bertz CT molecular complexity index is 544. The van der Waals surface area contributed by atoms with Gasteiger partial charge in [0.15, 0.2) is 9.84 Å². The molecule has 1 N–H and O–H groups in total. The summed E-state index contributed by atoms with van der Waals surface area (Å²) < 4.78 is 23.2. The number of aromatic nitrogens is 1. The molecule has 1 aromatic heterocycles. The van der Waals surface area contributed by atoms with Crippen molar-refractivity contribution in [3.05, 3.63) is 22.8 Å². The first-order chi connectivity index (χ1) is 7.98. The van der Waals surface area contributed by atoms with Gasteiger partial charge in [-0.3, -0.25) is 4.79 Å². The van der Waals surface area contributed by atoms with E-state index in [9.17, 15) is 13.2 Å². The van der Waals surface area contributed by atoms with Gasteiger partial charge in [0.1, 0.15) is 5.82 Å². The second-order valence-electron chi connectivity index (χ2n) is 3.92. The van der Waals surface area contributed by atoms with Crippen molar-refractivity contribution >= 4 is 37.5 Å². The Morgan fingerprint density at radius 3 is 2.88 bits per heavy atom. The molecule has 2 rings (SSSR count). The van der Waals surface area contributed by atoms with Crippen molar-refractivity contribution in [3.8, 4) is 0 Å². The topological polar surface area (TPSA) is 76.1 Å². The van der Waals surface area contributed by atoms with E-state index in [0.717, 1.165) is 0 Å². The molecule has 1 aliphatic rings. The molecule has 1 aliphatic heterocycles. The number of amides is 1. The summed E-state index contributed by atoms with van der Waals surface area (Å²) in [5.41, 5.74) is 0. The standard InChI is InChI=1S/C10H11BrN2O3S/c11-8-2-1-4-12-9(8)13-10(14)7-3-5-17(15,16)6-7/h1-2,4,7H,3,5-6H2,(H,12,13,14). The Balaban J connectivity index is 2.06. The molecule has 92 valence electrons. The van der Waals surface area contributed by atoms with Crippen molar-refractivity contribution in [2.45, 2.75) is 6.42 Å². The smallest absolute Gasteiger partial charge is 0.229 e. The fourth-order valence-electron chi connectivity index (χ4n) is 1.70. The van der Waals surface area contributed by atoms with Crippen LogP contribution in [0.15, 0.2) is 22.8 Å². The number of halogens is 1. The lowest BCUT2D eigenvalue weighted by Crippen LogP contribution is -2.24. The maximum Gasteiger partial charge on any atom is 0.229 e. The number of rotatable bonds is 2. The van der Waals surface area contributed by atoms with Gasteiger partial charge in [0.05, 0.1) is 21.9 Å². The van der Waals surface area contributed by atoms with E-state index < -0.39 is 15.8 Å². The first-order valence-electron chi connectivity index (χ1n) is 5.10. The molecular formula is C10H11BrN2O3S. The van der Waals surface area contributed by atoms with Crippen molar-refractivity contribution in [1.29, 1.82) is 0 Å². The fraction of sp³-hybridized carbons (Fsp3) is 0.400. The third kappa shape index (κ3) is 3.04. The predicted molar refractivity (Wildman–Crippen MR) is 67.3 cm³/mol. The van der Waals surface area contributed by atoms with Gasteiger partial charge in [-0.05, 0) is 34.5 Å². The highest BCUT2D eigenvalue weighted by atomic mass is 79.9. The first-order valence-corrected chi connectivity index (χ1v) is 7.71. The molecule has 17 heavy (non-hydrogen) atoms. The van der Waals surface area contributed by atoms with Gasteiger partial charge < -0.3 is 5.32 Å². The molecule has 1 amide bonds. The molecule has 0 aliphatic carbocycles. The van der Waals surface area contributed by atoms with Crippen molar-refractivity contribution < 1.29 is 13.2 Å². The summed E-state index contributed by atoms with van der Waals surface area (Å²) in [6, 6.07) is 3.49. The summed E-state index contributed by atoms with van der Waals surface area (Å²) >= 11 is 3.26. The van der Waals surface area contributed by atoms with Gasteiger partial charge in [0.25, 0.3) is 0 Å². The summed E-state index contributed by atoms with van der Waals surface area (Å²) in [7, 11) is -3.04. The van der Waals surface area contributed by atoms with Crippen LogP contribution in [-0.2, 0) is 14.6 Å². The fourth-order valence-corrected chi connectivity index (χ4v) is 3.79. The Morgan fingerprint density at radius 1 is 1.53 bits per heavy atom. The number of pyridine rings is 1. The number of hydrogen-bond acceptors (Lipinski definition) is 4. The van der Waals surface area contributed by atoms with Gasteiger partial charge in [-0.2, -0.15) is 0 Å². The Morgan fingerprint density at radius 2 is 2.29 bits per heavy atom. The molecule has 2 heterocycles. The number of hydrogen-bond donors (Lipinski definition) is 1. The zero-order chi connectivity index (χ0) is 12.5. The number of nitrogens with one attached hydrogen (secondary N) is 1. The van der Waals surface area contributed by atoms with E-state index >= 15 is 0 Å². The highest BCUT2D eigenvalue weighted by molar-refractivity contribution is 9.10. The minimum absolute atomic E-state index is 0.0662. The van der Waals surface area contributed by atoms with Gasteiger partial charge in [-0.25, -0.2) is 13.4 Å². The average molecular weight is 319 g/mol. The summed E-state index contributed by atoms with van der Waals surface area (Å²) in [4.78, 5) is 15.8. The van der Waals surface area contributed by atoms with Crippen molar-refractivity contribution in [2.24, 2.45) is 5.92 Å². The van der Waals surface area contributed by atoms with Crippen LogP contribution in [0.5, 0.6) is 0 Å². The van der Waals surface area contributed by atoms with Crippen molar-refractivity contribution in [2.75, 3.05) is 16.8 Å². The molecule has 0 saturated carbocycles. The van der Waals surface area contributed by atoms with Crippen LogP contribution in [0.1, 0.15) is 6.42 Å². The van der Waals surface area contributed by atoms with Gasteiger partial charge in [0, 0.05) is 6.20 Å². The van der Waals surface area contributed by atoms with Crippen LogP contribution in [0.25, 0.3) is 0 Å². The monoisotopic (exact) mass is 318 g/mol. The minimum atomic E-state index is -3.04. The van der Waals surface area contributed by atoms with Crippen molar-refractivity contribution in [1.82, 2.24) is 4.98 Å². The summed E-state index contributed by atoms with van der Waals surface area (Å²) in [6.45, 7) is 0. The molecule has 0 bridgehead atoms. The number of carbonyl (C=O) groups excluding carboxylic acids is 1. The van der Waals surface area contributed by atoms with Crippen LogP contribution in [0, 0.1) is 5.92 Å². The molecule has 1 aromatic rings. The summed E-state index contributed by atoms with van der Waals surface area (Å²) in [6.07, 6.45) is 1.95. The lowest BCUT2D eigenvalue weighted by atomic mass is 10.1. The van der Waals surface area contributed by atoms with E-state index in [-0.39, 0.29) is 17.4 Å². The second kappa shape index (κ2) is 4.73. The molecule has 0 aromatic carbocycles. The lowest BCUT2D eigenvalue weighted by Gasteiger charge is -2.09. The SMILES string of the molecule is O=C(Nc1ncccc1Br)C1CCS(=O)(=O)C1. The van der Waals surface area contributed by atoms with E-state index in [2.05, 4.69) is 26.2 Å². The second-order valence-corrected chi connectivity index (χ2v) is 7.01. The minimum Gasteiger partial charge on any atom is -0.309 e. The summed E-state index contributed by atoms with van der Waals surface area (Å²) in [5, 5.41) is 2.63. The van der Waals surface area contributed by atoms with Crippen LogP contribution in [0.2, 0.25) is 0 Å². The molecule has 0 spiro atoms. The average Bonchev–Trinajstić information content (AvgIpc) is 2.62. The van der Waals surface area contributed by atoms with Gasteiger partial charge >= 0.3 is 0 Å². The van der Waals surface area contributed by atoms with Crippen molar-refractivity contribution in [3.63, 3.8) is 0 Å². The van der Waals surface area contributed by atoms with Crippen LogP contribution in [-0.4, -0.2) is 30.8 Å². The number of carbonyl (C=O) groups is 1. The molecule has 5 nitrogen and oxygen atoms in total. The largest absolute Gasteiger partial charge is 0.309 e. The Hall–Kier alpha value is -0.950. The number of sulfone groups is 1. The Labute approximate surface area is 108 Å². The van der Waals surface area contributed by atoms with E-state index in [1.807, 2.05) is 0 Å². The molecule has 1 fully saturated rings. The number of anilines is 1. The van der Waals surface area contributed by atoms with E-state index in [4.69, 9.17) is 0 Å². The van der Waals surface area contributed by atoms with Gasteiger partial charge in [0.2, 0.25) is 5.91 Å².